The lowest BCUT2D eigenvalue weighted by Crippen LogP contribution is -2.22. The number of rotatable bonds is 0. The molecule has 0 spiro atoms. The third kappa shape index (κ3) is 0.955. The molecule has 0 heteroatoms. The predicted octanol–water partition coefficient (Wildman–Crippen LogP) is 4.10. The van der Waals surface area contributed by atoms with Crippen molar-refractivity contribution >= 4 is 0 Å². The Labute approximate surface area is 88.5 Å². The minimum Gasteiger partial charge on any atom is -0.0599 e. The maximum absolute atomic E-state index is 2.54. The topological polar surface area (TPSA) is 0 Å². The highest BCUT2D eigenvalue weighted by Crippen LogP contribution is 2.69. The summed E-state index contributed by atoms with van der Waals surface area (Å²) in [7, 11) is 0. The maximum Gasteiger partial charge on any atom is -0.0292 e. The van der Waals surface area contributed by atoms with Crippen molar-refractivity contribution in [2.75, 3.05) is 0 Å². The van der Waals surface area contributed by atoms with E-state index in [4.69, 9.17) is 0 Å². The molecule has 80 valence electrons. The summed E-state index contributed by atoms with van der Waals surface area (Å²) < 4.78 is 0. The molecule has 3 saturated carbocycles. The van der Waals surface area contributed by atoms with E-state index in [9.17, 15) is 0 Å². The lowest BCUT2D eigenvalue weighted by atomic mass is 9.75. The van der Waals surface area contributed by atoms with Gasteiger partial charge in [0, 0.05) is 0 Å². The van der Waals surface area contributed by atoms with Crippen molar-refractivity contribution in [3.05, 3.63) is 0 Å². The zero-order chi connectivity index (χ0) is 10.1. The summed E-state index contributed by atoms with van der Waals surface area (Å²) in [6, 6.07) is 0. The van der Waals surface area contributed by atoms with Crippen LogP contribution in [0.2, 0.25) is 0 Å². The van der Waals surface area contributed by atoms with E-state index >= 15 is 0 Å². The molecule has 14 heavy (non-hydrogen) atoms. The van der Waals surface area contributed by atoms with Crippen LogP contribution in [0.3, 0.4) is 0 Å². The number of hydrogen-bond donors (Lipinski definition) is 0. The van der Waals surface area contributed by atoms with Crippen molar-refractivity contribution in [1.29, 1.82) is 0 Å². The summed E-state index contributed by atoms with van der Waals surface area (Å²) >= 11 is 0. The van der Waals surface area contributed by atoms with Gasteiger partial charge in [0.15, 0.2) is 0 Å². The lowest BCUT2D eigenvalue weighted by molar-refractivity contribution is 0.194. The summed E-state index contributed by atoms with van der Waals surface area (Å²) in [6.45, 7) is 10.1. The molecule has 0 aromatic heterocycles. The molecule has 0 heterocycles. The van der Waals surface area contributed by atoms with Gasteiger partial charge >= 0.3 is 0 Å². The van der Waals surface area contributed by atoms with E-state index in [0.29, 0.717) is 10.8 Å². The average Bonchev–Trinajstić information content (AvgIpc) is 2.54. The van der Waals surface area contributed by atoms with Crippen LogP contribution < -0.4 is 0 Å². The van der Waals surface area contributed by atoms with Gasteiger partial charge in [-0.2, -0.15) is 0 Å². The van der Waals surface area contributed by atoms with Crippen LogP contribution in [0.15, 0.2) is 0 Å². The zero-order valence-electron chi connectivity index (χ0n) is 10.1. The van der Waals surface area contributed by atoms with E-state index in [0.717, 1.165) is 23.7 Å². The van der Waals surface area contributed by atoms with Crippen LogP contribution in [-0.4, -0.2) is 0 Å². The second-order valence-electron chi connectivity index (χ2n) is 7.51. The van der Waals surface area contributed by atoms with Crippen molar-refractivity contribution in [3.8, 4) is 0 Å². The second kappa shape index (κ2) is 2.39. The summed E-state index contributed by atoms with van der Waals surface area (Å²) in [5.41, 5.74) is 1.35. The van der Waals surface area contributed by atoms with Crippen LogP contribution in [0, 0.1) is 34.5 Å². The standard InChI is InChI=1S/C14H24/c1-13(2)7-9-10(8-13)12-6-5-11(9)14(12,3)4/h9-12H,5-8H2,1-4H3. The predicted molar refractivity (Wildman–Crippen MR) is 60.0 cm³/mol. The molecule has 3 rings (SSSR count). The molecule has 0 aromatic rings. The van der Waals surface area contributed by atoms with Crippen molar-refractivity contribution < 1.29 is 0 Å². The van der Waals surface area contributed by atoms with Gasteiger partial charge in [-0.3, -0.25) is 0 Å². The van der Waals surface area contributed by atoms with Gasteiger partial charge in [-0.15, -0.1) is 0 Å². The molecule has 0 amide bonds. The molecule has 0 radical (unpaired) electrons. The highest BCUT2D eigenvalue weighted by molar-refractivity contribution is 5.11. The van der Waals surface area contributed by atoms with Crippen molar-refractivity contribution in [3.63, 3.8) is 0 Å². The molecule has 0 aliphatic heterocycles. The van der Waals surface area contributed by atoms with Gasteiger partial charge in [0.25, 0.3) is 0 Å². The fraction of sp³-hybridized carbons (Fsp3) is 1.00. The highest BCUT2D eigenvalue weighted by Gasteiger charge is 2.62. The van der Waals surface area contributed by atoms with Gasteiger partial charge in [0.2, 0.25) is 0 Å². The number of fused-ring (bicyclic) bond motifs is 5. The first-order chi connectivity index (χ1) is 6.42. The van der Waals surface area contributed by atoms with Crippen LogP contribution in [0.25, 0.3) is 0 Å². The van der Waals surface area contributed by atoms with Crippen LogP contribution in [0.5, 0.6) is 0 Å². The third-order valence-corrected chi connectivity index (χ3v) is 5.86. The first-order valence-electron chi connectivity index (χ1n) is 6.42. The van der Waals surface area contributed by atoms with Gasteiger partial charge in [-0.1, -0.05) is 27.7 Å². The minimum atomic E-state index is 0.659. The molecule has 4 atom stereocenters. The van der Waals surface area contributed by atoms with Crippen LogP contribution in [-0.2, 0) is 0 Å². The van der Waals surface area contributed by atoms with E-state index < -0.39 is 0 Å². The molecule has 0 saturated heterocycles. The quantitative estimate of drug-likeness (QED) is 0.542. The third-order valence-electron chi connectivity index (χ3n) is 5.86. The Morgan fingerprint density at radius 1 is 0.786 bits per heavy atom. The maximum atomic E-state index is 2.54. The van der Waals surface area contributed by atoms with Crippen LogP contribution in [0.1, 0.15) is 53.4 Å². The molecular formula is C14H24. The molecule has 4 unspecified atom stereocenters. The van der Waals surface area contributed by atoms with Gasteiger partial charge in [-0.05, 0) is 60.2 Å². The van der Waals surface area contributed by atoms with Gasteiger partial charge in [-0.25, -0.2) is 0 Å². The largest absolute Gasteiger partial charge is 0.0599 e. The van der Waals surface area contributed by atoms with E-state index in [1.165, 1.54) is 25.7 Å². The lowest BCUT2D eigenvalue weighted by Gasteiger charge is -2.30. The monoisotopic (exact) mass is 192 g/mol. The van der Waals surface area contributed by atoms with Gasteiger partial charge in [0.05, 0.1) is 0 Å². The Kier molecular flexibility index (Phi) is 1.58. The fourth-order valence-corrected chi connectivity index (χ4v) is 5.45. The SMILES string of the molecule is CC1(C)CC2C(C1)C1CCC2C1(C)C. The Balaban J connectivity index is 1.93. The second-order valence-corrected chi connectivity index (χ2v) is 7.51. The summed E-state index contributed by atoms with van der Waals surface area (Å²) in [5.74, 6) is 4.33. The first kappa shape index (κ1) is 9.24. The van der Waals surface area contributed by atoms with E-state index in [1.807, 2.05) is 0 Å². The van der Waals surface area contributed by atoms with Crippen LogP contribution >= 0.6 is 0 Å². The van der Waals surface area contributed by atoms with Crippen molar-refractivity contribution in [2.45, 2.75) is 53.4 Å². The van der Waals surface area contributed by atoms with Gasteiger partial charge < -0.3 is 0 Å². The van der Waals surface area contributed by atoms with E-state index in [2.05, 4.69) is 27.7 Å². The molecule has 2 bridgehead atoms. The summed E-state index contributed by atoms with van der Waals surface area (Å²) in [6.07, 6.45) is 6.11. The molecule has 0 nitrogen and oxygen atoms in total. The normalized spacial score (nSPS) is 52.3. The van der Waals surface area contributed by atoms with E-state index in [1.54, 1.807) is 0 Å². The summed E-state index contributed by atoms with van der Waals surface area (Å²) in [5, 5.41) is 0. The van der Waals surface area contributed by atoms with E-state index in [-0.39, 0.29) is 0 Å². The Hall–Kier alpha value is 0. The number of hydrogen-bond acceptors (Lipinski definition) is 0. The Morgan fingerprint density at radius 2 is 1.21 bits per heavy atom. The first-order valence-corrected chi connectivity index (χ1v) is 6.42. The zero-order valence-corrected chi connectivity index (χ0v) is 10.1. The Morgan fingerprint density at radius 3 is 1.64 bits per heavy atom. The highest BCUT2D eigenvalue weighted by atomic mass is 14.7. The Bertz CT molecular complexity index is 237. The molecular weight excluding hydrogens is 168 g/mol. The fourth-order valence-electron chi connectivity index (χ4n) is 5.45. The average molecular weight is 192 g/mol. The van der Waals surface area contributed by atoms with Crippen molar-refractivity contribution in [1.82, 2.24) is 0 Å². The molecule has 3 aliphatic carbocycles. The molecule has 0 aromatic carbocycles. The minimum absolute atomic E-state index is 0.659. The van der Waals surface area contributed by atoms with Crippen molar-refractivity contribution in [2.24, 2.45) is 34.5 Å². The molecule has 3 fully saturated rings. The summed E-state index contributed by atoms with van der Waals surface area (Å²) in [4.78, 5) is 0. The smallest absolute Gasteiger partial charge is 0.0292 e. The van der Waals surface area contributed by atoms with Crippen LogP contribution in [0.4, 0.5) is 0 Å². The van der Waals surface area contributed by atoms with Gasteiger partial charge in [0.1, 0.15) is 0 Å². The molecule has 0 N–H and O–H groups in total. The molecule has 3 aliphatic rings.